The third-order valence-electron chi connectivity index (χ3n) is 3.38. The third kappa shape index (κ3) is 2.58. The molecule has 0 spiro atoms. The molecule has 110 valence electrons. The topological polar surface area (TPSA) is 82.1 Å². The minimum atomic E-state index is -0.412. The summed E-state index contributed by atoms with van der Waals surface area (Å²) in [5.74, 6) is 0.833. The molecule has 0 saturated carbocycles. The zero-order valence-corrected chi connectivity index (χ0v) is 12.1. The average Bonchev–Trinajstić information content (AvgIpc) is 2.97. The summed E-state index contributed by atoms with van der Waals surface area (Å²) in [5.41, 5.74) is 3.30. The maximum absolute atomic E-state index is 10.8. The molecule has 0 atom stereocenters. The van der Waals surface area contributed by atoms with Crippen LogP contribution in [0.1, 0.15) is 11.1 Å². The molecule has 0 aliphatic heterocycles. The first kappa shape index (κ1) is 13.9. The second-order valence-electron chi connectivity index (χ2n) is 5.05. The van der Waals surface area contributed by atoms with Gasteiger partial charge < -0.3 is 4.52 Å². The van der Waals surface area contributed by atoms with Crippen molar-refractivity contribution in [3.63, 3.8) is 0 Å². The summed E-state index contributed by atoms with van der Waals surface area (Å²) in [4.78, 5) is 14.8. The fourth-order valence-corrected chi connectivity index (χ4v) is 2.15. The summed E-state index contributed by atoms with van der Waals surface area (Å²) in [6.07, 6.45) is 0. The number of nitro benzene ring substituents is 1. The summed E-state index contributed by atoms with van der Waals surface area (Å²) < 4.78 is 5.26. The number of aromatic nitrogens is 2. The molecule has 0 saturated heterocycles. The number of hydrogen-bond acceptors (Lipinski definition) is 5. The minimum Gasteiger partial charge on any atom is -0.334 e. The lowest BCUT2D eigenvalue weighted by Crippen LogP contribution is -1.91. The van der Waals surface area contributed by atoms with Crippen molar-refractivity contribution in [3.05, 3.63) is 63.7 Å². The van der Waals surface area contributed by atoms with Crippen LogP contribution in [0.3, 0.4) is 0 Å². The van der Waals surface area contributed by atoms with Gasteiger partial charge in [-0.05, 0) is 26.0 Å². The highest BCUT2D eigenvalue weighted by molar-refractivity contribution is 5.62. The van der Waals surface area contributed by atoms with Crippen molar-refractivity contribution in [2.24, 2.45) is 0 Å². The zero-order valence-electron chi connectivity index (χ0n) is 12.1. The van der Waals surface area contributed by atoms with Crippen LogP contribution in [0.5, 0.6) is 0 Å². The van der Waals surface area contributed by atoms with Crippen LogP contribution >= 0.6 is 0 Å². The Labute approximate surface area is 126 Å². The lowest BCUT2D eigenvalue weighted by Gasteiger charge is -1.98. The Hall–Kier alpha value is -3.02. The maximum atomic E-state index is 10.8. The molecule has 3 aromatic rings. The molecule has 0 N–H and O–H groups in total. The van der Waals surface area contributed by atoms with E-state index in [0.29, 0.717) is 22.8 Å². The molecule has 0 bridgehead atoms. The Kier molecular flexibility index (Phi) is 3.42. The molecule has 0 unspecified atom stereocenters. The molecule has 6 heteroatoms. The number of nitrogens with zero attached hydrogens (tertiary/aromatic N) is 3. The van der Waals surface area contributed by atoms with Crippen molar-refractivity contribution in [2.75, 3.05) is 0 Å². The highest BCUT2D eigenvalue weighted by atomic mass is 16.6. The Morgan fingerprint density at radius 1 is 1.05 bits per heavy atom. The standard InChI is InChI=1S/C16H13N3O3/c1-10-3-5-12(6-4-10)15-17-16(22-18-15)13-7-8-14(19(20)21)11(2)9-13/h3-9H,1-2H3. The van der Waals surface area contributed by atoms with E-state index in [1.807, 2.05) is 31.2 Å². The molecule has 2 aromatic carbocycles. The van der Waals surface area contributed by atoms with E-state index >= 15 is 0 Å². The van der Waals surface area contributed by atoms with Gasteiger partial charge in [-0.2, -0.15) is 4.98 Å². The predicted octanol–water partition coefficient (Wildman–Crippen LogP) is 3.93. The van der Waals surface area contributed by atoms with Crippen molar-refractivity contribution in [1.29, 1.82) is 0 Å². The normalized spacial score (nSPS) is 10.6. The molecule has 1 heterocycles. The Balaban J connectivity index is 1.95. The van der Waals surface area contributed by atoms with Gasteiger partial charge in [-0.25, -0.2) is 0 Å². The van der Waals surface area contributed by atoms with Crippen LogP contribution in [0.4, 0.5) is 5.69 Å². The molecular weight excluding hydrogens is 282 g/mol. The van der Waals surface area contributed by atoms with E-state index in [9.17, 15) is 10.1 Å². The van der Waals surface area contributed by atoms with Gasteiger partial charge in [0.1, 0.15) is 0 Å². The van der Waals surface area contributed by atoms with Crippen LogP contribution in [-0.2, 0) is 0 Å². The van der Waals surface area contributed by atoms with E-state index in [1.54, 1.807) is 19.1 Å². The van der Waals surface area contributed by atoms with Gasteiger partial charge >= 0.3 is 0 Å². The number of hydrogen-bond donors (Lipinski definition) is 0. The van der Waals surface area contributed by atoms with E-state index in [2.05, 4.69) is 10.1 Å². The SMILES string of the molecule is Cc1ccc(-c2noc(-c3ccc([N+](=O)[O-])c(C)c3)n2)cc1. The lowest BCUT2D eigenvalue weighted by atomic mass is 10.1. The summed E-state index contributed by atoms with van der Waals surface area (Å²) in [5, 5.41) is 14.8. The van der Waals surface area contributed by atoms with Crippen LogP contribution in [0.25, 0.3) is 22.8 Å². The number of rotatable bonds is 3. The molecule has 3 rings (SSSR count). The van der Waals surface area contributed by atoms with Crippen LogP contribution in [0.15, 0.2) is 47.0 Å². The van der Waals surface area contributed by atoms with Crippen LogP contribution in [-0.4, -0.2) is 15.1 Å². The van der Waals surface area contributed by atoms with Gasteiger partial charge in [0, 0.05) is 22.8 Å². The fraction of sp³-hybridized carbons (Fsp3) is 0.125. The van der Waals surface area contributed by atoms with E-state index in [1.165, 1.54) is 6.07 Å². The first-order valence-electron chi connectivity index (χ1n) is 6.71. The lowest BCUT2D eigenvalue weighted by molar-refractivity contribution is -0.385. The molecule has 0 radical (unpaired) electrons. The fourth-order valence-electron chi connectivity index (χ4n) is 2.15. The van der Waals surface area contributed by atoms with Gasteiger partial charge in [-0.3, -0.25) is 10.1 Å². The molecule has 22 heavy (non-hydrogen) atoms. The number of nitro groups is 1. The van der Waals surface area contributed by atoms with Crippen molar-refractivity contribution in [3.8, 4) is 22.8 Å². The van der Waals surface area contributed by atoms with E-state index in [4.69, 9.17) is 4.52 Å². The van der Waals surface area contributed by atoms with E-state index in [-0.39, 0.29) is 5.69 Å². The Morgan fingerprint density at radius 3 is 2.36 bits per heavy atom. The number of aryl methyl sites for hydroxylation is 2. The van der Waals surface area contributed by atoms with Gasteiger partial charge in [0.05, 0.1) is 4.92 Å². The Bertz CT molecular complexity index is 838. The second kappa shape index (κ2) is 5.40. The molecule has 0 amide bonds. The van der Waals surface area contributed by atoms with Crippen molar-refractivity contribution < 1.29 is 9.45 Å². The summed E-state index contributed by atoms with van der Waals surface area (Å²) >= 11 is 0. The summed E-state index contributed by atoms with van der Waals surface area (Å²) in [6.45, 7) is 3.68. The maximum Gasteiger partial charge on any atom is 0.272 e. The predicted molar refractivity (Wildman–Crippen MR) is 81.3 cm³/mol. The van der Waals surface area contributed by atoms with Gasteiger partial charge in [0.2, 0.25) is 5.82 Å². The molecule has 1 aromatic heterocycles. The molecule has 0 aliphatic carbocycles. The van der Waals surface area contributed by atoms with Crippen LogP contribution in [0, 0.1) is 24.0 Å². The average molecular weight is 295 g/mol. The molecule has 6 nitrogen and oxygen atoms in total. The second-order valence-corrected chi connectivity index (χ2v) is 5.05. The molecular formula is C16H13N3O3. The minimum absolute atomic E-state index is 0.0713. The van der Waals surface area contributed by atoms with Crippen LogP contribution in [0.2, 0.25) is 0 Å². The first-order valence-corrected chi connectivity index (χ1v) is 6.71. The van der Waals surface area contributed by atoms with Gasteiger partial charge in [0.25, 0.3) is 11.6 Å². The molecule has 0 aliphatic rings. The van der Waals surface area contributed by atoms with Gasteiger partial charge in [-0.1, -0.05) is 35.0 Å². The van der Waals surface area contributed by atoms with Crippen molar-refractivity contribution in [2.45, 2.75) is 13.8 Å². The van der Waals surface area contributed by atoms with Crippen molar-refractivity contribution in [1.82, 2.24) is 10.1 Å². The van der Waals surface area contributed by atoms with Gasteiger partial charge in [0.15, 0.2) is 0 Å². The van der Waals surface area contributed by atoms with E-state index < -0.39 is 4.92 Å². The highest BCUT2D eigenvalue weighted by Crippen LogP contribution is 2.26. The zero-order chi connectivity index (χ0) is 15.7. The first-order chi connectivity index (χ1) is 10.5. The number of benzene rings is 2. The quantitative estimate of drug-likeness (QED) is 0.540. The summed E-state index contributed by atoms with van der Waals surface area (Å²) in [7, 11) is 0. The van der Waals surface area contributed by atoms with E-state index in [0.717, 1.165) is 11.1 Å². The largest absolute Gasteiger partial charge is 0.334 e. The van der Waals surface area contributed by atoms with Crippen LogP contribution < -0.4 is 0 Å². The third-order valence-corrected chi connectivity index (χ3v) is 3.38. The molecule has 0 fully saturated rings. The van der Waals surface area contributed by atoms with Crippen molar-refractivity contribution >= 4 is 5.69 Å². The Morgan fingerprint density at radius 2 is 1.73 bits per heavy atom. The monoisotopic (exact) mass is 295 g/mol. The summed E-state index contributed by atoms with van der Waals surface area (Å²) in [6, 6.07) is 12.5. The van der Waals surface area contributed by atoms with Gasteiger partial charge in [-0.15, -0.1) is 0 Å². The smallest absolute Gasteiger partial charge is 0.272 e. The highest BCUT2D eigenvalue weighted by Gasteiger charge is 2.15.